The molecule has 0 radical (unpaired) electrons. The van der Waals surface area contributed by atoms with Crippen molar-refractivity contribution in [3.05, 3.63) is 30.1 Å². The molecule has 2 amide bonds. The third-order valence-corrected chi connectivity index (χ3v) is 5.16. The Morgan fingerprint density at radius 1 is 1.35 bits per heavy atom. The van der Waals surface area contributed by atoms with Crippen molar-refractivity contribution in [2.45, 2.75) is 37.1 Å². The van der Waals surface area contributed by atoms with E-state index in [-0.39, 0.29) is 29.1 Å². The van der Waals surface area contributed by atoms with Crippen LogP contribution in [0.25, 0.3) is 11.0 Å². The first-order valence-electron chi connectivity index (χ1n) is 7.64. The van der Waals surface area contributed by atoms with Crippen LogP contribution in [0.3, 0.4) is 0 Å². The van der Waals surface area contributed by atoms with Crippen LogP contribution in [-0.2, 0) is 4.79 Å². The van der Waals surface area contributed by atoms with E-state index in [9.17, 15) is 9.59 Å². The van der Waals surface area contributed by atoms with Crippen molar-refractivity contribution in [1.82, 2.24) is 20.6 Å². The summed E-state index contributed by atoms with van der Waals surface area (Å²) in [5.74, 6) is -0.0357. The number of nitrogens with zero attached hydrogens (tertiary/aromatic N) is 1. The van der Waals surface area contributed by atoms with Crippen molar-refractivity contribution in [2.24, 2.45) is 0 Å². The van der Waals surface area contributed by atoms with E-state index >= 15 is 0 Å². The molecule has 1 aliphatic rings. The monoisotopic (exact) mass is 332 g/mol. The molecular formula is C16H20N4O2S. The van der Waals surface area contributed by atoms with Crippen molar-refractivity contribution in [3.8, 4) is 0 Å². The summed E-state index contributed by atoms with van der Waals surface area (Å²) in [4.78, 5) is 31.3. The van der Waals surface area contributed by atoms with Crippen LogP contribution < -0.4 is 10.6 Å². The van der Waals surface area contributed by atoms with Gasteiger partial charge in [-0.3, -0.25) is 9.59 Å². The highest BCUT2D eigenvalue weighted by atomic mass is 32.2. The number of amides is 2. The van der Waals surface area contributed by atoms with Gasteiger partial charge in [0.1, 0.15) is 5.65 Å². The van der Waals surface area contributed by atoms with Crippen LogP contribution in [0, 0.1) is 0 Å². The third-order valence-electron chi connectivity index (χ3n) is 4.24. The fourth-order valence-corrected chi connectivity index (χ4v) is 2.97. The molecule has 1 fully saturated rings. The molecule has 6 nitrogen and oxygen atoms in total. The van der Waals surface area contributed by atoms with Gasteiger partial charge >= 0.3 is 0 Å². The Labute approximate surface area is 138 Å². The van der Waals surface area contributed by atoms with Gasteiger partial charge in [-0.05, 0) is 38.2 Å². The molecule has 0 aromatic carbocycles. The summed E-state index contributed by atoms with van der Waals surface area (Å²) in [7, 11) is 0. The summed E-state index contributed by atoms with van der Waals surface area (Å²) < 4.78 is 0. The molecule has 122 valence electrons. The lowest BCUT2D eigenvalue weighted by Gasteiger charge is -2.36. The molecule has 0 aliphatic heterocycles. The van der Waals surface area contributed by atoms with E-state index in [4.69, 9.17) is 0 Å². The lowest BCUT2D eigenvalue weighted by atomic mass is 9.86. The number of hydrogen-bond acceptors (Lipinski definition) is 4. The van der Waals surface area contributed by atoms with Crippen LogP contribution in [0.15, 0.2) is 24.5 Å². The van der Waals surface area contributed by atoms with Gasteiger partial charge in [0.15, 0.2) is 0 Å². The Balaban J connectivity index is 1.52. The number of fused-ring (bicyclic) bond motifs is 1. The Morgan fingerprint density at radius 3 is 2.83 bits per heavy atom. The van der Waals surface area contributed by atoms with Crippen LogP contribution in [0.5, 0.6) is 0 Å². The molecule has 2 aromatic heterocycles. The van der Waals surface area contributed by atoms with E-state index in [0.29, 0.717) is 11.2 Å². The number of carbonyl (C=O) groups excluding carboxylic acids is 2. The Bertz CT molecular complexity index is 724. The van der Waals surface area contributed by atoms with E-state index in [1.165, 1.54) is 11.8 Å². The van der Waals surface area contributed by atoms with Crippen molar-refractivity contribution >= 4 is 34.6 Å². The SMILES string of the molecule is CSC(C)C(=O)NC1CC(NC(=O)c2c[nH]c3ncccc23)C1. The second-order valence-electron chi connectivity index (χ2n) is 5.83. The lowest BCUT2D eigenvalue weighted by Crippen LogP contribution is -2.54. The van der Waals surface area contributed by atoms with Gasteiger partial charge in [0, 0.05) is 29.9 Å². The second-order valence-corrected chi connectivity index (χ2v) is 7.01. The molecule has 3 rings (SSSR count). The number of thioether (sulfide) groups is 1. The highest BCUT2D eigenvalue weighted by molar-refractivity contribution is 7.99. The first kappa shape index (κ1) is 15.9. The normalized spacial score (nSPS) is 21.5. The standard InChI is InChI=1S/C16H20N4O2S/c1-9(23-2)15(21)19-10-6-11(7-10)20-16(22)13-8-18-14-12(13)4-3-5-17-14/h3-5,8-11H,6-7H2,1-2H3,(H,17,18)(H,19,21)(H,20,22). The van der Waals surface area contributed by atoms with Crippen LogP contribution >= 0.6 is 11.8 Å². The minimum Gasteiger partial charge on any atom is -0.352 e. The summed E-state index contributed by atoms with van der Waals surface area (Å²) in [5.41, 5.74) is 1.32. The predicted octanol–water partition coefficient (Wildman–Crippen LogP) is 1.69. The van der Waals surface area contributed by atoms with Gasteiger partial charge < -0.3 is 15.6 Å². The van der Waals surface area contributed by atoms with Gasteiger partial charge in [0.2, 0.25) is 5.91 Å². The largest absolute Gasteiger partial charge is 0.352 e. The average Bonchev–Trinajstić information content (AvgIpc) is 2.95. The van der Waals surface area contributed by atoms with E-state index in [1.54, 1.807) is 12.4 Å². The van der Waals surface area contributed by atoms with E-state index < -0.39 is 0 Å². The molecule has 0 bridgehead atoms. The molecule has 7 heteroatoms. The van der Waals surface area contributed by atoms with Crippen LogP contribution in [0.1, 0.15) is 30.1 Å². The number of carbonyl (C=O) groups is 2. The van der Waals surface area contributed by atoms with Gasteiger partial charge in [-0.25, -0.2) is 4.98 Å². The average molecular weight is 332 g/mol. The van der Waals surface area contributed by atoms with Gasteiger partial charge in [-0.2, -0.15) is 11.8 Å². The summed E-state index contributed by atoms with van der Waals surface area (Å²) in [6, 6.07) is 3.96. The van der Waals surface area contributed by atoms with Crippen molar-refractivity contribution in [2.75, 3.05) is 6.26 Å². The van der Waals surface area contributed by atoms with Crippen molar-refractivity contribution in [1.29, 1.82) is 0 Å². The van der Waals surface area contributed by atoms with Gasteiger partial charge in [-0.15, -0.1) is 0 Å². The zero-order valence-corrected chi connectivity index (χ0v) is 13.9. The Kier molecular flexibility index (Phi) is 4.56. The van der Waals surface area contributed by atoms with Crippen LogP contribution in [0.4, 0.5) is 0 Å². The summed E-state index contributed by atoms with van der Waals surface area (Å²) in [5, 5.41) is 6.80. The molecule has 1 saturated carbocycles. The summed E-state index contributed by atoms with van der Waals surface area (Å²) in [6.07, 6.45) is 6.85. The number of pyridine rings is 1. The molecule has 1 aliphatic carbocycles. The van der Waals surface area contributed by atoms with E-state index in [2.05, 4.69) is 20.6 Å². The molecule has 2 aromatic rings. The maximum absolute atomic E-state index is 12.4. The van der Waals surface area contributed by atoms with Crippen molar-refractivity contribution < 1.29 is 9.59 Å². The third kappa shape index (κ3) is 3.34. The number of nitrogens with one attached hydrogen (secondary N) is 3. The number of H-pyrrole nitrogens is 1. The number of hydrogen-bond donors (Lipinski definition) is 3. The topological polar surface area (TPSA) is 86.9 Å². The molecule has 3 N–H and O–H groups in total. The van der Waals surface area contributed by atoms with Crippen LogP contribution in [-0.4, -0.2) is 45.4 Å². The molecular weight excluding hydrogens is 312 g/mol. The predicted molar refractivity (Wildman–Crippen MR) is 91.5 cm³/mol. The molecule has 0 spiro atoms. The minimum absolute atomic E-state index is 0.0395. The lowest BCUT2D eigenvalue weighted by molar-refractivity contribution is -0.121. The summed E-state index contributed by atoms with van der Waals surface area (Å²) in [6.45, 7) is 1.89. The number of aromatic amines is 1. The molecule has 1 unspecified atom stereocenters. The Morgan fingerprint density at radius 2 is 2.09 bits per heavy atom. The maximum Gasteiger partial charge on any atom is 0.253 e. The van der Waals surface area contributed by atoms with Crippen LogP contribution in [0.2, 0.25) is 0 Å². The molecule has 2 heterocycles. The molecule has 1 atom stereocenters. The second kappa shape index (κ2) is 6.62. The fraction of sp³-hybridized carbons (Fsp3) is 0.438. The fourth-order valence-electron chi connectivity index (χ4n) is 2.69. The summed E-state index contributed by atoms with van der Waals surface area (Å²) >= 11 is 1.53. The zero-order chi connectivity index (χ0) is 16.4. The highest BCUT2D eigenvalue weighted by Crippen LogP contribution is 2.22. The van der Waals surface area contributed by atoms with Gasteiger partial charge in [0.25, 0.3) is 5.91 Å². The molecule has 0 saturated heterocycles. The number of aromatic nitrogens is 2. The quantitative estimate of drug-likeness (QED) is 0.778. The Hall–Kier alpha value is -2.02. The van der Waals surface area contributed by atoms with E-state index in [0.717, 1.165) is 18.2 Å². The first-order chi connectivity index (χ1) is 11.1. The smallest absolute Gasteiger partial charge is 0.253 e. The van der Waals surface area contributed by atoms with E-state index in [1.807, 2.05) is 25.3 Å². The zero-order valence-electron chi connectivity index (χ0n) is 13.1. The number of rotatable bonds is 5. The first-order valence-corrected chi connectivity index (χ1v) is 8.93. The molecule has 23 heavy (non-hydrogen) atoms. The van der Waals surface area contributed by atoms with Gasteiger partial charge in [-0.1, -0.05) is 0 Å². The van der Waals surface area contributed by atoms with Gasteiger partial charge in [0.05, 0.1) is 10.8 Å². The van der Waals surface area contributed by atoms with Crippen molar-refractivity contribution in [3.63, 3.8) is 0 Å². The minimum atomic E-state index is -0.100. The maximum atomic E-state index is 12.4. The highest BCUT2D eigenvalue weighted by Gasteiger charge is 2.32.